The summed E-state index contributed by atoms with van der Waals surface area (Å²) in [6.07, 6.45) is 33.9. The number of fused-ring (bicyclic) bond motifs is 14. The molecule has 8 saturated carbocycles. The van der Waals surface area contributed by atoms with Gasteiger partial charge in [0.15, 0.2) is 12.6 Å². The maximum Gasteiger partial charge on any atom is 0.220 e. The first kappa shape index (κ1) is 82.7. The molecular weight excluding hydrogens is 1310 g/mol. The van der Waals surface area contributed by atoms with Crippen LogP contribution in [0.3, 0.4) is 0 Å². The number of rotatable bonds is 20. The Morgan fingerprint density at radius 3 is 1.34 bits per heavy atom. The molecule has 0 aromatic carbocycles. The zero-order valence-corrected chi connectivity index (χ0v) is 70.7. The summed E-state index contributed by atoms with van der Waals surface area (Å²) in [4.78, 5) is 70.3. The fourth-order valence-corrected chi connectivity index (χ4v) is 28.9. The summed E-state index contributed by atoms with van der Waals surface area (Å²) in [5.74, 6) is 5.26. The lowest BCUT2D eigenvalue weighted by Gasteiger charge is -2.72. The number of nitrogens with zero attached hydrogens (tertiary/aromatic N) is 3. The second-order valence-corrected chi connectivity index (χ2v) is 42.5. The normalized spacial score (nSPS) is 49.2. The number of azide groups is 1. The first-order valence-corrected chi connectivity index (χ1v) is 43.4. The Morgan fingerprint density at radius 1 is 0.524 bits per heavy atom. The highest BCUT2D eigenvalue weighted by atomic mass is 16.7. The monoisotopic (exact) mass is 1460 g/mol. The highest BCUT2D eigenvalue weighted by molar-refractivity contribution is 5.85. The summed E-state index contributed by atoms with van der Waals surface area (Å²) in [6, 6.07) is 0. The Labute approximate surface area is 637 Å². The Morgan fingerprint density at radius 2 is 0.933 bits per heavy atom. The number of carbonyl (C=O) groups excluding carboxylic acids is 5. The third-order valence-electron chi connectivity index (χ3n) is 36.7. The van der Waals surface area contributed by atoms with Crippen molar-refractivity contribution in [2.45, 2.75) is 363 Å². The summed E-state index contributed by atoms with van der Waals surface area (Å²) in [5, 5.41) is 7.05. The van der Waals surface area contributed by atoms with E-state index >= 15 is 0 Å². The molecule has 30 atom stereocenters. The maximum atomic E-state index is 13.7. The predicted octanol–water partition coefficient (Wildman–Crippen LogP) is 22.2. The molecule has 592 valence electrons. The van der Waals surface area contributed by atoms with Gasteiger partial charge in [-0.05, 0) is 256 Å². The van der Waals surface area contributed by atoms with Crippen molar-refractivity contribution in [2.24, 2.45) is 153 Å². The average Bonchev–Trinajstić information content (AvgIpc) is 0.676. The van der Waals surface area contributed by atoms with Gasteiger partial charge in [0.05, 0.1) is 41.8 Å². The molecule has 0 aromatic rings. The van der Waals surface area contributed by atoms with Crippen LogP contribution in [0.5, 0.6) is 0 Å². The van der Waals surface area contributed by atoms with E-state index in [-0.39, 0.29) is 120 Å². The number of nitrogens with one attached hydrogen (secondary N) is 1. The molecule has 14 unspecified atom stereocenters. The molecule has 13 nitrogen and oxygen atoms in total. The molecule has 0 aromatic heterocycles. The van der Waals surface area contributed by atoms with Gasteiger partial charge in [-0.25, -0.2) is 0 Å². The molecule has 12 aliphatic rings. The zero-order chi connectivity index (χ0) is 77.0. The first-order valence-electron chi connectivity index (χ1n) is 43.4. The number of unbranched alkanes of at least 4 members (excludes halogenated alkanes) is 6. The summed E-state index contributed by atoms with van der Waals surface area (Å²) >= 11 is 0. The van der Waals surface area contributed by atoms with Crippen molar-refractivity contribution in [3.05, 3.63) is 33.7 Å². The maximum absolute atomic E-state index is 13.7. The molecular formula is C92H150N4O9. The van der Waals surface area contributed by atoms with E-state index < -0.39 is 23.4 Å². The van der Waals surface area contributed by atoms with Crippen molar-refractivity contribution in [2.75, 3.05) is 13.1 Å². The van der Waals surface area contributed by atoms with Gasteiger partial charge in [0.25, 0.3) is 0 Å². The van der Waals surface area contributed by atoms with E-state index in [2.05, 4.69) is 173 Å². The number of hydrogen-bond acceptors (Lipinski definition) is 10. The molecule has 2 saturated heterocycles. The predicted molar refractivity (Wildman–Crippen MR) is 421 cm³/mol. The molecule has 13 heteroatoms. The van der Waals surface area contributed by atoms with Crippen molar-refractivity contribution < 1.29 is 42.9 Å². The number of ether oxygens (including phenoxy) is 4. The van der Waals surface area contributed by atoms with Crippen LogP contribution in [0.25, 0.3) is 10.4 Å². The number of aldehydes is 2. The number of carbonyl (C=O) groups is 5. The van der Waals surface area contributed by atoms with Gasteiger partial charge >= 0.3 is 0 Å². The fraction of sp³-hybridized carbons (Fsp3) is 0.902. The largest absolute Gasteiger partial charge is 0.353 e. The van der Waals surface area contributed by atoms with Crippen molar-refractivity contribution in [1.29, 1.82) is 0 Å². The van der Waals surface area contributed by atoms with E-state index in [9.17, 15) is 24.0 Å². The highest BCUT2D eigenvalue weighted by Crippen LogP contribution is 2.79. The van der Waals surface area contributed by atoms with Crippen LogP contribution < -0.4 is 5.32 Å². The molecule has 1 amide bonds. The van der Waals surface area contributed by atoms with Gasteiger partial charge in [0, 0.05) is 40.5 Å². The lowest BCUT2D eigenvalue weighted by Crippen LogP contribution is -2.67. The third kappa shape index (κ3) is 13.4. The van der Waals surface area contributed by atoms with Gasteiger partial charge in [-0.15, -0.1) is 0 Å². The van der Waals surface area contributed by atoms with Gasteiger partial charge in [0.1, 0.15) is 24.1 Å². The molecule has 2 heterocycles. The minimum Gasteiger partial charge on any atom is -0.353 e. The molecule has 10 aliphatic carbocycles. The molecule has 1 N–H and O–H groups in total. The van der Waals surface area contributed by atoms with Crippen molar-refractivity contribution in [3.8, 4) is 0 Å². The minimum absolute atomic E-state index is 0.000906. The molecule has 0 radical (unpaired) electrons. The van der Waals surface area contributed by atoms with Crippen LogP contribution in [-0.2, 0) is 42.9 Å². The molecule has 105 heavy (non-hydrogen) atoms. The van der Waals surface area contributed by atoms with Crippen LogP contribution in [0.2, 0.25) is 0 Å². The number of hydrogen-bond donors (Lipinski definition) is 1. The van der Waals surface area contributed by atoms with Gasteiger partial charge in [-0.2, -0.15) is 0 Å². The average molecular weight is 1460 g/mol. The Bertz CT molecular complexity index is 3320. The molecule has 12 rings (SSSR count). The van der Waals surface area contributed by atoms with Crippen molar-refractivity contribution in [3.63, 3.8) is 0 Å². The molecule has 2 aliphatic heterocycles. The fourth-order valence-electron chi connectivity index (χ4n) is 28.9. The lowest BCUT2D eigenvalue weighted by molar-refractivity contribution is -0.293. The second kappa shape index (κ2) is 30.0. The summed E-state index contributed by atoms with van der Waals surface area (Å²) < 4.78 is 27.4. The number of ketones is 2. The summed E-state index contributed by atoms with van der Waals surface area (Å²) in [7, 11) is 0. The third-order valence-corrected chi connectivity index (χ3v) is 36.7. The number of amides is 1. The molecule has 0 spiro atoms. The van der Waals surface area contributed by atoms with Crippen LogP contribution in [0.15, 0.2) is 28.4 Å². The minimum atomic E-state index is -0.619. The van der Waals surface area contributed by atoms with Crippen LogP contribution in [0.4, 0.5) is 0 Å². The van der Waals surface area contributed by atoms with E-state index in [1.807, 2.05) is 13.8 Å². The number of allylic oxidation sites excluding steroid dienone is 4. The highest BCUT2D eigenvalue weighted by Gasteiger charge is 2.74. The number of Topliss-reactive ketones (excluding diaryl/α,β-unsaturated/α-hetero) is 2. The SMILES string of the molecule is CC(=O)[C@]12CCC(C)(C)CC1C1=CCC3C4(C)CC[C@H](O[C@@H]5OC(CN=[N+]=[N-])[C@@H](C)[C@H](C)C5C)C(C)(C=O)[C@@H]4CC[C@@]3(C)[C@]1(C)CC2C.CCCCCCCCCC(=O)NCC1O[C@@H](O[C@H]2CCC3(C)C4CC=C5C6CC(C)(C)CC[C@]6(C(C)=O)C(C)C[C@@]5(C)[C@]4(C)CC[C@H]3C2(C)C=O)C(C)[C@@H](C)[C@@H]1C. The lowest BCUT2D eigenvalue weighted by atomic mass is 9.32. The molecule has 10 fully saturated rings. The quantitative estimate of drug-likeness (QED) is 0.0236. The smallest absolute Gasteiger partial charge is 0.220 e. The van der Waals surface area contributed by atoms with Gasteiger partial charge in [0.2, 0.25) is 5.91 Å². The van der Waals surface area contributed by atoms with Crippen LogP contribution in [0.1, 0.15) is 326 Å². The Kier molecular flexibility index (Phi) is 23.7. The topological polar surface area (TPSA) is 183 Å². The van der Waals surface area contributed by atoms with E-state index in [0.29, 0.717) is 78.4 Å². The van der Waals surface area contributed by atoms with E-state index in [0.717, 1.165) is 128 Å². The van der Waals surface area contributed by atoms with Crippen molar-refractivity contribution >= 4 is 30.0 Å². The second-order valence-electron chi connectivity index (χ2n) is 42.5. The van der Waals surface area contributed by atoms with Crippen LogP contribution >= 0.6 is 0 Å². The summed E-state index contributed by atoms with van der Waals surface area (Å²) in [5.41, 5.74) is 11.2. The van der Waals surface area contributed by atoms with E-state index in [4.69, 9.17) is 24.5 Å². The van der Waals surface area contributed by atoms with Gasteiger partial charge < -0.3 is 33.9 Å². The Balaban J connectivity index is 0.000000213. The first-order chi connectivity index (χ1) is 49.1. The van der Waals surface area contributed by atoms with Crippen LogP contribution in [0, 0.1) is 148 Å². The van der Waals surface area contributed by atoms with E-state index in [1.165, 1.54) is 44.7 Å². The zero-order valence-electron chi connectivity index (χ0n) is 70.7. The van der Waals surface area contributed by atoms with Crippen LogP contribution in [-0.4, -0.2) is 80.1 Å². The van der Waals surface area contributed by atoms with E-state index in [1.54, 1.807) is 11.1 Å². The Hall–Kier alpha value is -3.22. The van der Waals surface area contributed by atoms with Crippen molar-refractivity contribution in [1.82, 2.24) is 5.32 Å². The molecule has 0 bridgehead atoms. The van der Waals surface area contributed by atoms with Gasteiger partial charge in [-0.3, -0.25) is 14.4 Å². The standard InChI is InChI=1S/C51H85NO5.C41H65N3O4/c1-13-14-15-16-17-18-19-20-44(55)52-31-40-35(4)34(3)36(5)45(56-40)57-43-24-25-47(9)41(48(43,10)32-53)23-26-49(11)42(47)22-21-38-39-30-46(7,8)27-28-51(39,37(6)54)33(2)29-50(38,49)12;1-24-20-40(11)29(30-21-36(6,7)18-19-41(24,30)28(5)46)12-13-33-37(8)16-15-34(38(9,23-45)32(37)14-17-39(33,40)10)48-35-27(4)25(2)26(3)31(47-35)22-43-44-42/h21,32-36,39-43,45H,13-20,22-31H2,1-12H3,(H,52,55);12,23-27,30-35H,13-22H2,1-11H3/t33?,34-,35-,36?,39?,40?,41+,42?,43-,45-,47?,48?,49+,50+,51+;24?,25-,26-,27?,30?,31?,32+,33?,34-,35-,37?,38?,39+,40+,41+/m00/s1. The summed E-state index contributed by atoms with van der Waals surface area (Å²) in [6.45, 7) is 54.5. The van der Waals surface area contributed by atoms with Gasteiger partial charge in [-0.1, -0.05) is 212 Å².